The zero-order valence-electron chi connectivity index (χ0n) is 16.3. The molecule has 2 fully saturated rings. The van der Waals surface area contributed by atoms with Crippen molar-refractivity contribution in [2.24, 2.45) is 0 Å². The Morgan fingerprint density at radius 1 is 1.40 bits per heavy atom. The van der Waals surface area contributed by atoms with E-state index in [0.29, 0.717) is 5.88 Å². The van der Waals surface area contributed by atoms with E-state index in [9.17, 15) is 13.2 Å². The van der Waals surface area contributed by atoms with Gasteiger partial charge < -0.3 is 19.0 Å². The van der Waals surface area contributed by atoms with Gasteiger partial charge in [0, 0.05) is 32.1 Å². The summed E-state index contributed by atoms with van der Waals surface area (Å²) < 4.78 is 49.2. The van der Waals surface area contributed by atoms with Crippen LogP contribution in [0.25, 0.3) is 0 Å². The molecule has 164 valence electrons. The molecule has 1 N–H and O–H groups in total. The first-order valence-corrected chi connectivity index (χ1v) is 9.29. The Hall–Kier alpha value is -2.66. The number of nitrogens with zero attached hydrogens (tertiary/aromatic N) is 3. The highest BCUT2D eigenvalue weighted by Gasteiger charge is 2.48. The molecule has 4 heterocycles. The molecule has 2 saturated heterocycles. The topological polar surface area (TPSA) is 97.9 Å². The first-order valence-electron chi connectivity index (χ1n) is 9.29. The number of hydrogen-bond acceptors (Lipinski definition) is 7. The molecule has 0 aromatic carbocycles. The maximum Gasteiger partial charge on any atom is 0.490 e. The van der Waals surface area contributed by atoms with E-state index in [1.54, 1.807) is 18.7 Å². The molecule has 8 nitrogen and oxygen atoms in total. The Kier molecular flexibility index (Phi) is 6.61. The van der Waals surface area contributed by atoms with Crippen LogP contribution in [0, 0.1) is 6.92 Å². The molecule has 2 aromatic heterocycles. The van der Waals surface area contributed by atoms with E-state index >= 15 is 0 Å². The van der Waals surface area contributed by atoms with Crippen LogP contribution in [0.3, 0.4) is 0 Å². The van der Waals surface area contributed by atoms with E-state index in [0.717, 1.165) is 50.5 Å². The third-order valence-corrected chi connectivity index (χ3v) is 4.69. The normalized spacial score (nSPS) is 20.7. The van der Waals surface area contributed by atoms with Crippen LogP contribution in [-0.4, -0.2) is 63.5 Å². The van der Waals surface area contributed by atoms with Crippen LogP contribution in [0.4, 0.5) is 13.2 Å². The van der Waals surface area contributed by atoms with E-state index in [1.807, 2.05) is 19.1 Å². The molecule has 2 aliphatic rings. The second kappa shape index (κ2) is 9.00. The summed E-state index contributed by atoms with van der Waals surface area (Å²) in [5.74, 6) is -1.15. The Balaban J connectivity index is 0.000000318. The average molecular weight is 429 g/mol. The predicted octanol–water partition coefficient (Wildman–Crippen LogP) is 2.82. The van der Waals surface area contributed by atoms with Crippen molar-refractivity contribution in [3.63, 3.8) is 0 Å². The Morgan fingerprint density at radius 3 is 2.73 bits per heavy atom. The van der Waals surface area contributed by atoms with Gasteiger partial charge in [0.25, 0.3) is 0 Å². The van der Waals surface area contributed by atoms with Crippen LogP contribution in [0.15, 0.2) is 35.2 Å². The number of carboxylic acid groups (broad SMARTS) is 1. The lowest BCUT2D eigenvalue weighted by atomic mass is 9.84. The SMILES string of the molecule is Cc1cncc(OC2CCOC3(C2)CN(Cc2ccco2)C3)n1.O=C(O)C(F)(F)F. The lowest BCUT2D eigenvalue weighted by molar-refractivity contribution is -0.192. The number of furan rings is 1. The van der Waals surface area contributed by atoms with Gasteiger partial charge in [-0.25, -0.2) is 9.78 Å². The van der Waals surface area contributed by atoms with Crippen molar-refractivity contribution in [2.45, 2.75) is 44.2 Å². The molecule has 0 saturated carbocycles. The number of carbonyl (C=O) groups is 1. The number of aromatic nitrogens is 2. The molecule has 30 heavy (non-hydrogen) atoms. The average Bonchev–Trinajstić information content (AvgIpc) is 3.14. The number of hydrogen-bond donors (Lipinski definition) is 1. The maximum atomic E-state index is 10.6. The van der Waals surface area contributed by atoms with Gasteiger partial charge in [-0.2, -0.15) is 13.2 Å². The number of alkyl halides is 3. The van der Waals surface area contributed by atoms with Crippen molar-refractivity contribution in [1.82, 2.24) is 14.9 Å². The minimum Gasteiger partial charge on any atom is -0.475 e. The molecule has 0 aliphatic carbocycles. The van der Waals surface area contributed by atoms with Crippen LogP contribution < -0.4 is 4.74 Å². The second-order valence-electron chi connectivity index (χ2n) is 7.29. The van der Waals surface area contributed by atoms with Gasteiger partial charge in [0.2, 0.25) is 5.88 Å². The summed E-state index contributed by atoms with van der Waals surface area (Å²) in [6.07, 6.45) is 1.99. The summed E-state index contributed by atoms with van der Waals surface area (Å²) in [5, 5.41) is 7.12. The molecule has 2 aromatic rings. The third kappa shape index (κ3) is 5.92. The van der Waals surface area contributed by atoms with E-state index in [2.05, 4.69) is 14.9 Å². The first-order chi connectivity index (χ1) is 14.2. The van der Waals surface area contributed by atoms with Crippen molar-refractivity contribution in [1.29, 1.82) is 0 Å². The molecule has 1 atom stereocenters. The predicted molar refractivity (Wildman–Crippen MR) is 96.8 cm³/mol. The number of ether oxygens (including phenoxy) is 2. The quantitative estimate of drug-likeness (QED) is 0.793. The van der Waals surface area contributed by atoms with Gasteiger partial charge in [-0.05, 0) is 19.1 Å². The van der Waals surface area contributed by atoms with Crippen molar-refractivity contribution in [3.8, 4) is 5.88 Å². The van der Waals surface area contributed by atoms with Crippen LogP contribution in [0.1, 0.15) is 24.3 Å². The fourth-order valence-corrected chi connectivity index (χ4v) is 3.48. The number of carboxylic acids is 1. The zero-order valence-corrected chi connectivity index (χ0v) is 16.3. The lowest BCUT2D eigenvalue weighted by Crippen LogP contribution is -2.65. The fourth-order valence-electron chi connectivity index (χ4n) is 3.48. The highest BCUT2D eigenvalue weighted by atomic mass is 19.4. The third-order valence-electron chi connectivity index (χ3n) is 4.69. The van der Waals surface area contributed by atoms with Crippen LogP contribution in [0.2, 0.25) is 0 Å². The van der Waals surface area contributed by atoms with Gasteiger partial charge in [-0.3, -0.25) is 9.88 Å². The highest BCUT2D eigenvalue weighted by molar-refractivity contribution is 5.73. The van der Waals surface area contributed by atoms with Crippen molar-refractivity contribution >= 4 is 5.97 Å². The van der Waals surface area contributed by atoms with E-state index in [1.165, 1.54) is 0 Å². The lowest BCUT2D eigenvalue weighted by Gasteiger charge is -2.52. The van der Waals surface area contributed by atoms with E-state index in [4.69, 9.17) is 23.8 Å². The summed E-state index contributed by atoms with van der Waals surface area (Å²) in [4.78, 5) is 19.7. The molecule has 1 spiro atoms. The maximum absolute atomic E-state index is 10.6. The minimum absolute atomic E-state index is 0.0766. The summed E-state index contributed by atoms with van der Waals surface area (Å²) in [5.41, 5.74) is 0.796. The molecule has 0 bridgehead atoms. The molecule has 2 aliphatic heterocycles. The molecular weight excluding hydrogens is 407 g/mol. The summed E-state index contributed by atoms with van der Waals surface area (Å²) in [6, 6.07) is 3.93. The Morgan fingerprint density at radius 2 is 2.13 bits per heavy atom. The van der Waals surface area contributed by atoms with Gasteiger partial charge in [-0.1, -0.05) is 0 Å². The summed E-state index contributed by atoms with van der Waals surface area (Å²) in [6.45, 7) is 5.34. The second-order valence-corrected chi connectivity index (χ2v) is 7.29. The summed E-state index contributed by atoms with van der Waals surface area (Å²) in [7, 11) is 0. The standard InChI is InChI=1S/C17H21N3O3.C2HF3O2/c1-13-8-18-9-16(19-13)23-14-4-6-22-17(7-14)11-20(12-17)10-15-3-2-5-21-15;3-2(4,5)1(6)7/h2-3,5,8-9,14H,4,6-7,10-12H2,1H3;(H,6,7). The fraction of sp³-hybridized carbons (Fsp3) is 0.526. The number of halogens is 3. The Bertz CT molecular complexity index is 838. The van der Waals surface area contributed by atoms with Crippen molar-refractivity contribution in [2.75, 3.05) is 19.7 Å². The Labute approximate surface area is 170 Å². The van der Waals surface area contributed by atoms with Gasteiger partial charge in [-0.15, -0.1) is 0 Å². The van der Waals surface area contributed by atoms with E-state index < -0.39 is 12.1 Å². The smallest absolute Gasteiger partial charge is 0.475 e. The van der Waals surface area contributed by atoms with Crippen LogP contribution in [0.5, 0.6) is 5.88 Å². The van der Waals surface area contributed by atoms with Gasteiger partial charge in [0.05, 0.1) is 36.9 Å². The molecule has 1 unspecified atom stereocenters. The molecule has 0 amide bonds. The van der Waals surface area contributed by atoms with Crippen molar-refractivity contribution < 1.29 is 37.0 Å². The monoisotopic (exact) mass is 429 g/mol. The largest absolute Gasteiger partial charge is 0.490 e. The number of rotatable bonds is 4. The number of aliphatic carboxylic acids is 1. The molecule has 4 rings (SSSR count). The first kappa shape index (κ1) is 22.0. The minimum atomic E-state index is -5.08. The van der Waals surface area contributed by atoms with Crippen LogP contribution in [-0.2, 0) is 16.1 Å². The van der Waals surface area contributed by atoms with Gasteiger partial charge in [0.15, 0.2) is 0 Å². The summed E-state index contributed by atoms with van der Waals surface area (Å²) >= 11 is 0. The number of aryl methyl sites for hydroxylation is 1. The van der Waals surface area contributed by atoms with Gasteiger partial charge in [0.1, 0.15) is 11.9 Å². The van der Waals surface area contributed by atoms with E-state index in [-0.39, 0.29) is 11.7 Å². The molecule has 0 radical (unpaired) electrons. The van der Waals surface area contributed by atoms with Crippen molar-refractivity contribution in [3.05, 3.63) is 42.2 Å². The van der Waals surface area contributed by atoms with Gasteiger partial charge >= 0.3 is 12.1 Å². The van der Waals surface area contributed by atoms with Crippen LogP contribution >= 0.6 is 0 Å². The zero-order chi connectivity index (χ0) is 21.8. The number of likely N-dealkylation sites (tertiary alicyclic amines) is 1. The molecule has 11 heteroatoms. The highest BCUT2D eigenvalue weighted by Crippen LogP contribution is 2.36. The molecular formula is C19H22F3N3O5.